The topological polar surface area (TPSA) is 105 Å². The second kappa shape index (κ2) is 8.65. The number of hydrogen-bond donors (Lipinski definition) is 2. The van der Waals surface area contributed by atoms with Crippen molar-refractivity contribution in [3.05, 3.63) is 46.0 Å². The number of aryl methyl sites for hydroxylation is 2. The number of carbonyl (C=O) groups excluding carboxylic acids is 1. The first kappa shape index (κ1) is 24.4. The average Bonchev–Trinajstić information content (AvgIpc) is 3.34. The summed E-state index contributed by atoms with van der Waals surface area (Å²) in [7, 11) is 1.61. The molecule has 1 spiro atoms. The summed E-state index contributed by atoms with van der Waals surface area (Å²) in [6.45, 7) is 14.4. The van der Waals surface area contributed by atoms with E-state index in [-0.39, 0.29) is 18.3 Å². The zero-order valence-electron chi connectivity index (χ0n) is 22.0. The van der Waals surface area contributed by atoms with Gasteiger partial charge in [0.25, 0.3) is 5.56 Å². The molecule has 2 N–H and O–H groups in total. The smallest absolute Gasteiger partial charge is 0.263 e. The molecular weight excluding hydrogens is 454 g/mol. The van der Waals surface area contributed by atoms with Gasteiger partial charge in [-0.05, 0) is 49.3 Å². The van der Waals surface area contributed by atoms with Crippen LogP contribution in [0.1, 0.15) is 51.5 Å². The molecule has 0 bridgehead atoms. The first-order valence-electron chi connectivity index (χ1n) is 12.6. The molecule has 0 amide bonds. The number of rotatable bonds is 4. The number of nitrogens with zero attached hydrogens (tertiary/aromatic N) is 5. The fraction of sp³-hybridized carbons (Fsp3) is 0.519. The summed E-state index contributed by atoms with van der Waals surface area (Å²) in [6.07, 6.45) is 4.92. The van der Waals surface area contributed by atoms with Crippen molar-refractivity contribution in [1.82, 2.24) is 24.8 Å². The average molecular weight is 492 g/mol. The Balaban J connectivity index is 0.000000404. The van der Waals surface area contributed by atoms with Crippen molar-refractivity contribution in [1.29, 1.82) is 0 Å². The molecule has 3 aliphatic rings. The lowest BCUT2D eigenvalue weighted by Gasteiger charge is -2.57. The van der Waals surface area contributed by atoms with Crippen molar-refractivity contribution in [2.75, 3.05) is 36.4 Å². The monoisotopic (exact) mass is 491 g/mol. The molecule has 1 unspecified atom stereocenters. The van der Waals surface area contributed by atoms with Gasteiger partial charge in [0.05, 0.1) is 17.4 Å². The molecule has 1 saturated carbocycles. The van der Waals surface area contributed by atoms with Crippen molar-refractivity contribution >= 4 is 34.3 Å². The van der Waals surface area contributed by atoms with E-state index in [0.717, 1.165) is 37.8 Å². The molecular formula is C27H37N7O2. The minimum Gasteiger partial charge on any atom is -0.369 e. The van der Waals surface area contributed by atoms with Crippen molar-refractivity contribution in [2.24, 2.45) is 23.8 Å². The zero-order chi connectivity index (χ0) is 25.8. The van der Waals surface area contributed by atoms with Crippen LogP contribution in [-0.2, 0) is 7.05 Å². The maximum absolute atomic E-state index is 12.6. The molecule has 0 aromatic carbocycles. The van der Waals surface area contributed by atoms with Crippen LogP contribution in [-0.4, -0.2) is 51.5 Å². The van der Waals surface area contributed by atoms with Gasteiger partial charge in [0.2, 0.25) is 5.95 Å². The predicted octanol–water partition coefficient (Wildman–Crippen LogP) is 3.69. The minimum atomic E-state index is -0.353. The van der Waals surface area contributed by atoms with Crippen LogP contribution in [0.4, 0.5) is 17.5 Å². The molecule has 1 aliphatic carbocycles. The van der Waals surface area contributed by atoms with Gasteiger partial charge < -0.3 is 15.5 Å². The van der Waals surface area contributed by atoms with E-state index in [0.29, 0.717) is 39.2 Å². The predicted molar refractivity (Wildman–Crippen MR) is 144 cm³/mol. The Morgan fingerprint density at radius 1 is 1.19 bits per heavy atom. The fourth-order valence-electron chi connectivity index (χ4n) is 5.07. The summed E-state index contributed by atoms with van der Waals surface area (Å²) in [4.78, 5) is 40.1. The molecule has 9 nitrogen and oxygen atoms in total. The Morgan fingerprint density at radius 2 is 1.86 bits per heavy atom. The Bertz CT molecular complexity index is 1390. The highest BCUT2D eigenvalue weighted by Gasteiger charge is 2.47. The third-order valence-corrected chi connectivity index (χ3v) is 8.15. The molecule has 0 radical (unpaired) electrons. The van der Waals surface area contributed by atoms with E-state index in [4.69, 9.17) is 0 Å². The van der Waals surface area contributed by atoms with Gasteiger partial charge in [-0.3, -0.25) is 14.2 Å². The molecule has 3 fully saturated rings. The Labute approximate surface area is 212 Å². The molecule has 6 rings (SSSR count). The lowest BCUT2D eigenvalue weighted by Crippen LogP contribution is -2.71. The van der Waals surface area contributed by atoms with Crippen LogP contribution < -0.4 is 21.1 Å². The molecule has 1 atom stereocenters. The second-order valence-electron chi connectivity index (χ2n) is 11.4. The SMILES string of the molecule is CC(=O)c1c(C)c2cnc(Nc3ccc(N4CC5(CNC5)C4)cn3)nc2n(C)c1=O.CC1CC1(C)C.[HH]. The quantitative estimate of drug-likeness (QED) is 0.533. The maximum Gasteiger partial charge on any atom is 0.263 e. The summed E-state index contributed by atoms with van der Waals surface area (Å²) in [6, 6.07) is 3.93. The van der Waals surface area contributed by atoms with Crippen LogP contribution in [0.25, 0.3) is 11.0 Å². The van der Waals surface area contributed by atoms with Crippen molar-refractivity contribution < 1.29 is 6.22 Å². The lowest BCUT2D eigenvalue weighted by molar-refractivity contribution is 0.101. The molecule has 3 aromatic rings. The van der Waals surface area contributed by atoms with E-state index in [1.54, 1.807) is 20.2 Å². The number of ketones is 1. The van der Waals surface area contributed by atoms with Gasteiger partial charge in [-0.1, -0.05) is 20.8 Å². The van der Waals surface area contributed by atoms with Crippen LogP contribution in [0, 0.1) is 23.7 Å². The summed E-state index contributed by atoms with van der Waals surface area (Å²) < 4.78 is 1.39. The molecule has 192 valence electrons. The van der Waals surface area contributed by atoms with E-state index in [1.165, 1.54) is 17.9 Å². The highest BCUT2D eigenvalue weighted by Crippen LogP contribution is 2.50. The van der Waals surface area contributed by atoms with Crippen molar-refractivity contribution in [2.45, 2.75) is 41.0 Å². The number of hydrogen-bond acceptors (Lipinski definition) is 8. The maximum atomic E-state index is 12.6. The van der Waals surface area contributed by atoms with Crippen LogP contribution in [0.5, 0.6) is 0 Å². The molecule has 2 saturated heterocycles. The van der Waals surface area contributed by atoms with Crippen molar-refractivity contribution in [3.8, 4) is 0 Å². The summed E-state index contributed by atoms with van der Waals surface area (Å²) in [5.74, 6) is 1.71. The van der Waals surface area contributed by atoms with Crippen molar-refractivity contribution in [3.63, 3.8) is 0 Å². The Morgan fingerprint density at radius 3 is 2.36 bits per heavy atom. The van der Waals surface area contributed by atoms with Gasteiger partial charge in [0, 0.05) is 51.7 Å². The van der Waals surface area contributed by atoms with E-state index >= 15 is 0 Å². The van der Waals surface area contributed by atoms with Crippen LogP contribution in [0.3, 0.4) is 0 Å². The summed E-state index contributed by atoms with van der Waals surface area (Å²) >= 11 is 0. The molecule has 36 heavy (non-hydrogen) atoms. The first-order chi connectivity index (χ1) is 17.0. The molecule has 2 aliphatic heterocycles. The molecule has 5 heterocycles. The number of anilines is 3. The fourth-order valence-corrected chi connectivity index (χ4v) is 5.07. The van der Waals surface area contributed by atoms with E-state index in [2.05, 4.69) is 51.3 Å². The number of carbonyl (C=O) groups is 1. The normalized spacial score (nSPS) is 20.7. The van der Waals surface area contributed by atoms with Crippen LogP contribution >= 0.6 is 0 Å². The summed E-state index contributed by atoms with van der Waals surface area (Å²) in [5.41, 5.74) is 3.17. The minimum absolute atomic E-state index is 0. The van der Waals surface area contributed by atoms with Gasteiger partial charge in [0.1, 0.15) is 11.5 Å². The zero-order valence-corrected chi connectivity index (χ0v) is 22.0. The second-order valence-corrected chi connectivity index (χ2v) is 11.4. The largest absolute Gasteiger partial charge is 0.369 e. The summed E-state index contributed by atoms with van der Waals surface area (Å²) in [5, 5.41) is 7.11. The Hall–Kier alpha value is -3.33. The third-order valence-electron chi connectivity index (χ3n) is 8.15. The molecule has 9 heteroatoms. The van der Waals surface area contributed by atoms with E-state index in [9.17, 15) is 9.59 Å². The van der Waals surface area contributed by atoms with Crippen LogP contribution in [0.2, 0.25) is 0 Å². The number of Topliss-reactive ketones (excluding diaryl/α,β-unsaturated/α-hetero) is 1. The van der Waals surface area contributed by atoms with Gasteiger partial charge in [-0.25, -0.2) is 9.97 Å². The standard InChI is InChI=1S/C21H23N7O2.C6H12.H2/c1-12-15-7-24-20(26-18(15)27(3)19(30)17(12)13(2)29)25-16-5-4-14(6-23-16)28-10-21(11-28)8-22-9-21;1-5-4-6(5,2)3;/h4-7,22H,8-11H2,1-3H3,(H,23,24,25,26);5H,4H2,1-3H3;1H. The number of aromatic nitrogens is 4. The number of pyridine rings is 2. The highest BCUT2D eigenvalue weighted by atomic mass is 16.1. The van der Waals surface area contributed by atoms with E-state index in [1.807, 2.05) is 18.3 Å². The third kappa shape index (κ3) is 4.36. The molecule has 3 aromatic heterocycles. The van der Waals surface area contributed by atoms with Crippen LogP contribution in [0.15, 0.2) is 29.3 Å². The van der Waals surface area contributed by atoms with E-state index < -0.39 is 0 Å². The Kier molecular flexibility index (Phi) is 5.86. The van der Waals surface area contributed by atoms with Gasteiger partial charge >= 0.3 is 0 Å². The lowest BCUT2D eigenvalue weighted by atomic mass is 9.74. The highest BCUT2D eigenvalue weighted by molar-refractivity contribution is 5.99. The first-order valence-corrected chi connectivity index (χ1v) is 12.6. The number of fused-ring (bicyclic) bond motifs is 1. The van der Waals surface area contributed by atoms with Gasteiger partial charge in [0.15, 0.2) is 5.78 Å². The number of nitrogens with one attached hydrogen (secondary N) is 2. The van der Waals surface area contributed by atoms with Gasteiger partial charge in [-0.15, -0.1) is 0 Å². The van der Waals surface area contributed by atoms with Gasteiger partial charge in [-0.2, -0.15) is 4.98 Å².